The highest BCUT2D eigenvalue weighted by atomic mass is 79.9. The molecular weight excluding hydrogens is 312 g/mol. The van der Waals surface area contributed by atoms with E-state index in [9.17, 15) is 5.11 Å². The maximum Gasteiger partial charge on any atom is 0.0582 e. The van der Waals surface area contributed by atoms with E-state index in [2.05, 4.69) is 43.3 Å². The van der Waals surface area contributed by atoms with Gasteiger partial charge in [-0.05, 0) is 49.9 Å². The van der Waals surface area contributed by atoms with E-state index < -0.39 is 0 Å². The molecule has 2 aliphatic carbocycles. The van der Waals surface area contributed by atoms with Gasteiger partial charge >= 0.3 is 0 Å². The van der Waals surface area contributed by atoms with Crippen molar-refractivity contribution in [1.82, 2.24) is 0 Å². The van der Waals surface area contributed by atoms with Crippen LogP contribution in [0.2, 0.25) is 0 Å². The second kappa shape index (κ2) is 4.49. The van der Waals surface area contributed by atoms with Crippen LogP contribution in [0, 0.1) is 10.8 Å². The van der Waals surface area contributed by atoms with E-state index in [1.165, 1.54) is 5.57 Å². The van der Waals surface area contributed by atoms with E-state index in [0.717, 1.165) is 32.1 Å². The van der Waals surface area contributed by atoms with Crippen LogP contribution in [-0.2, 0) is 0 Å². The van der Waals surface area contributed by atoms with Gasteiger partial charge in [0.05, 0.1) is 6.10 Å². The van der Waals surface area contributed by atoms with Crippen LogP contribution in [0.15, 0.2) is 12.2 Å². The molecule has 2 rings (SSSR count). The molecule has 3 heteroatoms. The molecule has 0 radical (unpaired) electrons. The molecule has 0 aromatic carbocycles. The number of aliphatic hydroxyl groups is 1. The second-order valence-corrected chi connectivity index (χ2v) is 9.42. The van der Waals surface area contributed by atoms with Gasteiger partial charge in [0, 0.05) is 9.70 Å². The number of rotatable bonds is 0. The highest BCUT2D eigenvalue weighted by Crippen LogP contribution is 2.62. The average Bonchev–Trinajstić information content (AvgIpc) is 2.19. The fourth-order valence-electron chi connectivity index (χ4n) is 3.99. The van der Waals surface area contributed by atoms with Crippen molar-refractivity contribution in [2.24, 2.45) is 10.8 Å². The number of hydrogen-bond donors (Lipinski definition) is 1. The Kier molecular flexibility index (Phi) is 3.71. The van der Waals surface area contributed by atoms with E-state index in [1.807, 2.05) is 0 Å². The van der Waals surface area contributed by atoms with Gasteiger partial charge in [-0.25, -0.2) is 0 Å². The largest absolute Gasteiger partial charge is 0.393 e. The van der Waals surface area contributed by atoms with Gasteiger partial charge in [-0.15, -0.1) is 11.6 Å². The molecule has 0 aliphatic heterocycles. The molecule has 0 unspecified atom stereocenters. The second-order valence-electron chi connectivity index (χ2n) is 7.08. The summed E-state index contributed by atoms with van der Waals surface area (Å²) in [5.41, 5.74) is 1.39. The van der Waals surface area contributed by atoms with Crippen molar-refractivity contribution in [2.45, 2.75) is 68.7 Å². The number of alkyl halides is 2. The summed E-state index contributed by atoms with van der Waals surface area (Å²) in [6.07, 6.45) is 4.52. The zero-order chi connectivity index (χ0) is 13.8. The average molecular weight is 336 g/mol. The zero-order valence-electron chi connectivity index (χ0n) is 11.6. The zero-order valence-corrected chi connectivity index (χ0v) is 13.9. The third kappa shape index (κ3) is 2.19. The summed E-state index contributed by atoms with van der Waals surface area (Å²) < 4.78 is 0.0340. The molecule has 1 spiro atoms. The Labute approximate surface area is 124 Å². The van der Waals surface area contributed by atoms with Gasteiger partial charge in [-0.2, -0.15) is 0 Å². The smallest absolute Gasteiger partial charge is 0.0582 e. The Bertz CT molecular complexity index is 364. The minimum atomic E-state index is -0.232. The van der Waals surface area contributed by atoms with Gasteiger partial charge < -0.3 is 5.11 Å². The van der Waals surface area contributed by atoms with E-state index in [1.54, 1.807) is 0 Å². The lowest BCUT2D eigenvalue weighted by Gasteiger charge is -2.58. The van der Waals surface area contributed by atoms with Gasteiger partial charge in [-0.1, -0.05) is 41.9 Å². The minimum absolute atomic E-state index is 0.0340. The fourth-order valence-corrected chi connectivity index (χ4v) is 4.72. The number of aliphatic hydroxyl groups excluding tert-OH is 1. The summed E-state index contributed by atoms with van der Waals surface area (Å²) in [6.45, 7) is 11.0. The van der Waals surface area contributed by atoms with Crippen LogP contribution in [0.5, 0.6) is 0 Å². The van der Waals surface area contributed by atoms with Gasteiger partial charge in [0.15, 0.2) is 0 Å². The van der Waals surface area contributed by atoms with Gasteiger partial charge in [0.2, 0.25) is 0 Å². The van der Waals surface area contributed by atoms with Crippen LogP contribution >= 0.6 is 27.5 Å². The third-order valence-corrected chi connectivity index (χ3v) is 7.27. The maximum absolute atomic E-state index is 9.99. The van der Waals surface area contributed by atoms with Crippen molar-refractivity contribution in [1.29, 1.82) is 0 Å². The monoisotopic (exact) mass is 334 g/mol. The van der Waals surface area contributed by atoms with Crippen LogP contribution < -0.4 is 0 Å². The summed E-state index contributed by atoms with van der Waals surface area (Å²) in [5, 5.41) is 10.1. The van der Waals surface area contributed by atoms with Crippen LogP contribution in [-0.4, -0.2) is 20.9 Å². The summed E-state index contributed by atoms with van der Waals surface area (Å²) >= 11 is 10.4. The molecule has 0 aromatic heterocycles. The molecular formula is C15H24BrClO. The quantitative estimate of drug-likeness (QED) is 0.504. The van der Waals surface area contributed by atoms with Gasteiger partial charge in [-0.3, -0.25) is 0 Å². The Balaban J connectivity index is 2.33. The first-order valence-electron chi connectivity index (χ1n) is 6.80. The first-order chi connectivity index (χ1) is 8.11. The van der Waals surface area contributed by atoms with Crippen LogP contribution in [0.3, 0.4) is 0 Å². The van der Waals surface area contributed by atoms with Crippen molar-refractivity contribution >= 4 is 27.5 Å². The summed E-state index contributed by atoms with van der Waals surface area (Å²) in [7, 11) is 0. The highest BCUT2D eigenvalue weighted by molar-refractivity contribution is 9.10. The van der Waals surface area contributed by atoms with Crippen molar-refractivity contribution in [3.05, 3.63) is 12.2 Å². The molecule has 104 valence electrons. The predicted octanol–water partition coefficient (Wildman–Crippen LogP) is 4.65. The highest BCUT2D eigenvalue weighted by Gasteiger charge is 2.56. The predicted molar refractivity (Wildman–Crippen MR) is 81.4 cm³/mol. The van der Waals surface area contributed by atoms with Crippen molar-refractivity contribution < 1.29 is 5.11 Å². The lowest BCUT2D eigenvalue weighted by atomic mass is 9.49. The maximum atomic E-state index is 9.99. The standard InChI is InChI=1S/C15H24BrClO/c1-10-7-11(18)8-13(2,3)15(10)6-5-14(4,16)12(17)9-15/h11-12,18H,1,5-9H2,2-4H3/t11-,12+,14+,15+/m1/s1. The Morgan fingerprint density at radius 2 is 1.89 bits per heavy atom. The van der Waals surface area contributed by atoms with E-state index in [4.69, 9.17) is 11.6 Å². The topological polar surface area (TPSA) is 20.2 Å². The van der Waals surface area contributed by atoms with E-state index in [-0.39, 0.29) is 26.6 Å². The normalized spacial score (nSPS) is 48.4. The molecule has 18 heavy (non-hydrogen) atoms. The number of hydrogen-bond acceptors (Lipinski definition) is 1. The molecule has 2 saturated carbocycles. The SMILES string of the molecule is C=C1C[C@@H](O)CC(C)(C)[C@]12CC[C@](C)(Br)[C@@H](Cl)C2. The summed E-state index contributed by atoms with van der Waals surface area (Å²) in [5.74, 6) is 0. The van der Waals surface area contributed by atoms with Gasteiger partial charge in [0.1, 0.15) is 0 Å². The van der Waals surface area contributed by atoms with Crippen molar-refractivity contribution in [3.8, 4) is 0 Å². The fraction of sp³-hybridized carbons (Fsp3) is 0.867. The summed E-state index contributed by atoms with van der Waals surface area (Å²) in [6, 6.07) is 0. The first-order valence-corrected chi connectivity index (χ1v) is 8.03. The first kappa shape index (κ1) is 14.9. The molecule has 1 nitrogen and oxygen atoms in total. The molecule has 0 saturated heterocycles. The Morgan fingerprint density at radius 3 is 2.39 bits per heavy atom. The molecule has 0 amide bonds. The molecule has 2 fully saturated rings. The molecule has 2 aliphatic rings. The number of halogens is 2. The van der Waals surface area contributed by atoms with Crippen LogP contribution in [0.4, 0.5) is 0 Å². The molecule has 0 heterocycles. The Hall–Kier alpha value is 0.470. The van der Waals surface area contributed by atoms with E-state index in [0.29, 0.717) is 0 Å². The molecule has 0 bridgehead atoms. The van der Waals surface area contributed by atoms with Crippen LogP contribution in [0.1, 0.15) is 52.9 Å². The van der Waals surface area contributed by atoms with Crippen LogP contribution in [0.25, 0.3) is 0 Å². The lowest BCUT2D eigenvalue weighted by molar-refractivity contribution is -0.0272. The lowest BCUT2D eigenvalue weighted by Crippen LogP contribution is -2.53. The van der Waals surface area contributed by atoms with Gasteiger partial charge in [0.25, 0.3) is 0 Å². The molecule has 1 N–H and O–H groups in total. The van der Waals surface area contributed by atoms with E-state index >= 15 is 0 Å². The van der Waals surface area contributed by atoms with Crippen molar-refractivity contribution in [2.75, 3.05) is 0 Å². The molecule has 0 aromatic rings. The third-order valence-electron chi connectivity index (χ3n) is 5.42. The van der Waals surface area contributed by atoms with Crippen molar-refractivity contribution in [3.63, 3.8) is 0 Å². The summed E-state index contributed by atoms with van der Waals surface area (Å²) in [4.78, 5) is 0. The Morgan fingerprint density at radius 1 is 1.28 bits per heavy atom. The minimum Gasteiger partial charge on any atom is -0.393 e. The molecule has 4 atom stereocenters.